The molecule has 114 valence electrons. The number of nitrogens with one attached hydrogen (secondary N) is 1. The summed E-state index contributed by atoms with van der Waals surface area (Å²) in [6.07, 6.45) is 7.82. The van der Waals surface area contributed by atoms with Crippen molar-refractivity contribution < 1.29 is 0 Å². The Balaban J connectivity index is 2.35. The Bertz CT molecular complexity index is 452. The lowest BCUT2D eigenvalue weighted by molar-refractivity contribution is 0.0696. The third kappa shape index (κ3) is 3.08. The summed E-state index contributed by atoms with van der Waals surface area (Å²) in [5, 5.41) is 3.40. The van der Waals surface area contributed by atoms with E-state index in [0.29, 0.717) is 16.9 Å². The quantitative estimate of drug-likeness (QED) is 0.901. The molecule has 1 heterocycles. The zero-order valence-corrected chi connectivity index (χ0v) is 14.2. The van der Waals surface area contributed by atoms with Crippen molar-refractivity contribution in [3.05, 3.63) is 18.2 Å². The van der Waals surface area contributed by atoms with Gasteiger partial charge in [-0.3, -0.25) is 0 Å². The van der Waals surface area contributed by atoms with Gasteiger partial charge < -0.3 is 9.88 Å². The van der Waals surface area contributed by atoms with Crippen molar-refractivity contribution in [1.82, 2.24) is 14.9 Å². The monoisotopic (exact) mass is 277 g/mol. The number of nitrogens with zero attached hydrogens (tertiary/aromatic N) is 2. The summed E-state index contributed by atoms with van der Waals surface area (Å²) in [6, 6.07) is 0.555. The van der Waals surface area contributed by atoms with Gasteiger partial charge in [-0.15, -0.1) is 0 Å². The fraction of sp³-hybridized carbons (Fsp3) is 0.824. The minimum absolute atomic E-state index is 0.0395. The van der Waals surface area contributed by atoms with Crippen LogP contribution in [0.25, 0.3) is 0 Å². The number of hydrogen-bond donors (Lipinski definition) is 1. The van der Waals surface area contributed by atoms with Crippen LogP contribution in [0.3, 0.4) is 0 Å². The van der Waals surface area contributed by atoms with Gasteiger partial charge in [0, 0.05) is 6.04 Å². The second kappa shape index (κ2) is 4.87. The van der Waals surface area contributed by atoms with Gasteiger partial charge in [-0.1, -0.05) is 27.7 Å². The molecular formula is C17H31N3. The molecule has 0 aliphatic heterocycles. The van der Waals surface area contributed by atoms with E-state index < -0.39 is 0 Å². The van der Waals surface area contributed by atoms with Gasteiger partial charge in [-0.05, 0) is 51.0 Å². The normalized spacial score (nSPS) is 22.9. The lowest BCUT2D eigenvalue weighted by Crippen LogP contribution is -2.39. The van der Waals surface area contributed by atoms with Crippen LogP contribution in [0.2, 0.25) is 0 Å². The molecule has 0 bridgehead atoms. The van der Waals surface area contributed by atoms with Gasteiger partial charge in [-0.25, -0.2) is 4.98 Å². The molecule has 0 atom stereocenters. The lowest BCUT2D eigenvalue weighted by atomic mass is 9.63. The molecule has 3 nitrogen and oxygen atoms in total. The predicted molar refractivity (Wildman–Crippen MR) is 84.8 cm³/mol. The summed E-state index contributed by atoms with van der Waals surface area (Å²) in [6.45, 7) is 14.1. The van der Waals surface area contributed by atoms with Crippen molar-refractivity contribution in [3.63, 3.8) is 0 Å². The van der Waals surface area contributed by atoms with Gasteiger partial charge in [0.05, 0.1) is 23.8 Å². The van der Waals surface area contributed by atoms with Gasteiger partial charge in [0.1, 0.15) is 0 Å². The van der Waals surface area contributed by atoms with Crippen molar-refractivity contribution in [2.45, 2.75) is 72.4 Å². The maximum absolute atomic E-state index is 4.43. The van der Waals surface area contributed by atoms with Crippen LogP contribution in [0.4, 0.5) is 0 Å². The van der Waals surface area contributed by atoms with E-state index in [1.165, 1.54) is 25.0 Å². The van der Waals surface area contributed by atoms with Crippen molar-refractivity contribution in [3.8, 4) is 0 Å². The van der Waals surface area contributed by atoms with Crippen LogP contribution in [-0.2, 0) is 5.54 Å². The van der Waals surface area contributed by atoms with Crippen LogP contribution in [-0.4, -0.2) is 16.6 Å². The van der Waals surface area contributed by atoms with E-state index in [0.717, 1.165) is 0 Å². The Morgan fingerprint density at radius 1 is 1.20 bits per heavy atom. The summed E-state index contributed by atoms with van der Waals surface area (Å²) in [7, 11) is 2.02. The molecular weight excluding hydrogens is 246 g/mol. The van der Waals surface area contributed by atoms with Crippen molar-refractivity contribution in [2.75, 3.05) is 7.05 Å². The van der Waals surface area contributed by atoms with Gasteiger partial charge in [0.15, 0.2) is 0 Å². The van der Waals surface area contributed by atoms with Gasteiger partial charge in [-0.2, -0.15) is 0 Å². The second-order valence-corrected chi connectivity index (χ2v) is 8.63. The summed E-state index contributed by atoms with van der Waals surface area (Å²) < 4.78 is 2.42. The predicted octanol–water partition coefficient (Wildman–Crippen LogP) is 4.12. The average molecular weight is 277 g/mol. The summed E-state index contributed by atoms with van der Waals surface area (Å²) in [4.78, 5) is 4.43. The first kappa shape index (κ1) is 15.6. The lowest BCUT2D eigenvalue weighted by Gasteiger charge is -2.46. The van der Waals surface area contributed by atoms with E-state index in [9.17, 15) is 0 Å². The molecule has 3 heteroatoms. The minimum atomic E-state index is -0.0395. The molecule has 0 amide bonds. The fourth-order valence-corrected chi connectivity index (χ4v) is 4.19. The Morgan fingerprint density at radius 3 is 2.25 bits per heavy atom. The van der Waals surface area contributed by atoms with E-state index in [1.54, 1.807) is 0 Å². The van der Waals surface area contributed by atoms with Crippen LogP contribution in [0.15, 0.2) is 12.5 Å². The van der Waals surface area contributed by atoms with Crippen molar-refractivity contribution in [1.29, 1.82) is 0 Å². The molecule has 2 rings (SSSR count). The number of rotatable bonds is 3. The van der Waals surface area contributed by atoms with E-state index in [2.05, 4.69) is 56.4 Å². The SMILES string of the molecule is CNC(C)(C)c1cncn1C1CC(C)(C)CC(C)(C)C1. The highest BCUT2D eigenvalue weighted by atomic mass is 15.1. The molecule has 0 aromatic carbocycles. The molecule has 1 aliphatic rings. The molecule has 1 aliphatic carbocycles. The number of aromatic nitrogens is 2. The third-order valence-electron chi connectivity index (χ3n) is 4.86. The van der Waals surface area contributed by atoms with Crippen LogP contribution < -0.4 is 5.32 Å². The molecule has 20 heavy (non-hydrogen) atoms. The standard InChI is InChI=1S/C17H31N3/c1-15(2)8-13(9-16(3,4)11-15)20-12-19-10-14(20)17(5,6)18-7/h10,12-13,18H,8-9,11H2,1-7H3. The van der Waals surface area contributed by atoms with E-state index in [-0.39, 0.29) is 5.54 Å². The summed E-state index contributed by atoms with van der Waals surface area (Å²) >= 11 is 0. The van der Waals surface area contributed by atoms with E-state index >= 15 is 0 Å². The van der Waals surface area contributed by atoms with Crippen molar-refractivity contribution >= 4 is 0 Å². The Labute approximate surface area is 124 Å². The Kier molecular flexibility index (Phi) is 3.79. The minimum Gasteiger partial charge on any atom is -0.330 e. The number of hydrogen-bond acceptors (Lipinski definition) is 2. The van der Waals surface area contributed by atoms with Crippen molar-refractivity contribution in [2.24, 2.45) is 10.8 Å². The molecule has 1 fully saturated rings. The van der Waals surface area contributed by atoms with Crippen LogP contribution >= 0.6 is 0 Å². The molecule has 0 spiro atoms. The fourth-order valence-electron chi connectivity index (χ4n) is 4.19. The topological polar surface area (TPSA) is 29.9 Å². The smallest absolute Gasteiger partial charge is 0.0951 e. The molecule has 0 saturated heterocycles. The zero-order chi connectivity index (χ0) is 15.2. The van der Waals surface area contributed by atoms with Gasteiger partial charge in [0.2, 0.25) is 0 Å². The van der Waals surface area contributed by atoms with Gasteiger partial charge >= 0.3 is 0 Å². The van der Waals surface area contributed by atoms with Gasteiger partial charge in [0.25, 0.3) is 0 Å². The maximum Gasteiger partial charge on any atom is 0.0951 e. The third-order valence-corrected chi connectivity index (χ3v) is 4.86. The molecule has 1 N–H and O–H groups in total. The molecule has 1 aromatic rings. The largest absolute Gasteiger partial charge is 0.330 e. The number of imidazole rings is 1. The van der Waals surface area contributed by atoms with E-state index in [4.69, 9.17) is 0 Å². The summed E-state index contributed by atoms with van der Waals surface area (Å²) in [5.74, 6) is 0. The molecule has 1 saturated carbocycles. The highest BCUT2D eigenvalue weighted by Gasteiger charge is 2.40. The highest BCUT2D eigenvalue weighted by molar-refractivity contribution is 5.13. The summed E-state index contributed by atoms with van der Waals surface area (Å²) in [5.41, 5.74) is 2.05. The van der Waals surface area contributed by atoms with E-state index in [1.807, 2.05) is 19.6 Å². The van der Waals surface area contributed by atoms with Crippen LogP contribution in [0, 0.1) is 10.8 Å². The Hall–Kier alpha value is -0.830. The molecule has 1 aromatic heterocycles. The molecule has 0 radical (unpaired) electrons. The second-order valence-electron chi connectivity index (χ2n) is 8.63. The first-order valence-corrected chi connectivity index (χ1v) is 7.78. The maximum atomic E-state index is 4.43. The first-order chi connectivity index (χ1) is 9.06. The average Bonchev–Trinajstić information content (AvgIpc) is 2.74. The van der Waals surface area contributed by atoms with Crippen LogP contribution in [0.1, 0.15) is 72.5 Å². The van der Waals surface area contributed by atoms with Crippen LogP contribution in [0.5, 0.6) is 0 Å². The zero-order valence-electron chi connectivity index (χ0n) is 14.2. The first-order valence-electron chi connectivity index (χ1n) is 7.78. The Morgan fingerprint density at radius 2 is 1.75 bits per heavy atom. The molecule has 0 unspecified atom stereocenters. The highest BCUT2D eigenvalue weighted by Crippen LogP contribution is 2.50.